The number of rotatable bonds is 6. The maximum atomic E-state index is 14.4. The quantitative estimate of drug-likeness (QED) is 0.509. The van der Waals surface area contributed by atoms with E-state index in [4.69, 9.17) is 11.6 Å². The van der Waals surface area contributed by atoms with E-state index in [2.05, 4.69) is 26.5 Å². The molecule has 31 heavy (non-hydrogen) atoms. The van der Waals surface area contributed by atoms with Crippen molar-refractivity contribution in [3.8, 4) is 0 Å². The number of carbonyl (C=O) groups excluding carboxylic acids is 2. The molecule has 0 aromatic heterocycles. The molecule has 0 bridgehead atoms. The van der Waals surface area contributed by atoms with Gasteiger partial charge in [0.05, 0.1) is 11.4 Å². The van der Waals surface area contributed by atoms with Crippen LogP contribution in [0, 0.1) is 0 Å². The summed E-state index contributed by atoms with van der Waals surface area (Å²) in [5, 5.41) is 12.3. The van der Waals surface area contributed by atoms with E-state index in [1.807, 2.05) is 0 Å². The number of allylic oxidation sites excluding steroid dienone is 3. The molecule has 1 atom stereocenters. The Hall–Kier alpha value is -3.65. The summed E-state index contributed by atoms with van der Waals surface area (Å²) in [6, 6.07) is 13.6. The van der Waals surface area contributed by atoms with Crippen LogP contribution >= 0.6 is 11.6 Å². The molecule has 0 spiro atoms. The number of halogens is 2. The first-order valence-corrected chi connectivity index (χ1v) is 9.84. The topological polar surface area (TPSA) is 94.6 Å². The number of amides is 3. The minimum absolute atomic E-state index is 0.0286. The fourth-order valence-electron chi connectivity index (χ4n) is 2.90. The molecule has 0 fully saturated rings. The smallest absolute Gasteiger partial charge is 0.320 e. The normalized spacial score (nSPS) is 15.4. The zero-order chi connectivity index (χ0) is 22.2. The van der Waals surface area contributed by atoms with Crippen LogP contribution in [-0.4, -0.2) is 24.7 Å². The van der Waals surface area contributed by atoms with Gasteiger partial charge in [-0.25, -0.2) is 9.18 Å². The van der Waals surface area contributed by atoms with Gasteiger partial charge in [-0.2, -0.15) is 5.10 Å². The van der Waals surface area contributed by atoms with Gasteiger partial charge in [0.2, 0.25) is 0 Å². The molecule has 0 saturated carbocycles. The average Bonchev–Trinajstić information content (AvgIpc) is 2.76. The third kappa shape index (κ3) is 6.16. The highest BCUT2D eigenvalue weighted by Gasteiger charge is 2.25. The van der Waals surface area contributed by atoms with Crippen LogP contribution in [0.15, 0.2) is 83.4 Å². The highest BCUT2D eigenvalue weighted by molar-refractivity contribution is 6.30. The molecule has 9 heteroatoms. The molecule has 1 aliphatic carbocycles. The predicted molar refractivity (Wildman–Crippen MR) is 119 cm³/mol. The number of carbonyl (C=O) groups is 2. The summed E-state index contributed by atoms with van der Waals surface area (Å²) >= 11 is 5.85. The van der Waals surface area contributed by atoms with Crippen molar-refractivity contribution in [2.75, 3.05) is 12.4 Å². The van der Waals surface area contributed by atoms with Crippen LogP contribution in [-0.2, 0) is 4.79 Å². The lowest BCUT2D eigenvalue weighted by molar-refractivity contribution is -0.122. The van der Waals surface area contributed by atoms with Crippen molar-refractivity contribution in [2.45, 2.75) is 12.5 Å². The van der Waals surface area contributed by atoms with Crippen LogP contribution in [0.4, 0.5) is 14.9 Å². The first-order valence-electron chi connectivity index (χ1n) is 9.46. The summed E-state index contributed by atoms with van der Waals surface area (Å²) in [5.41, 5.74) is 4.18. The van der Waals surface area contributed by atoms with Crippen molar-refractivity contribution in [1.29, 1.82) is 0 Å². The first-order chi connectivity index (χ1) is 15.0. The van der Waals surface area contributed by atoms with E-state index in [0.717, 1.165) is 0 Å². The highest BCUT2D eigenvalue weighted by Crippen LogP contribution is 2.20. The van der Waals surface area contributed by atoms with Gasteiger partial charge in [0.25, 0.3) is 5.91 Å². The molecule has 3 rings (SSSR count). The maximum absolute atomic E-state index is 14.4. The van der Waals surface area contributed by atoms with Gasteiger partial charge in [-0.3, -0.25) is 4.79 Å². The number of nitrogens with one attached hydrogen (secondary N) is 4. The Labute approximate surface area is 184 Å². The molecule has 0 aliphatic heterocycles. The van der Waals surface area contributed by atoms with Crippen LogP contribution in [0.1, 0.15) is 18.0 Å². The van der Waals surface area contributed by atoms with Gasteiger partial charge in [0, 0.05) is 24.2 Å². The standard InChI is InChI=1S/C22H21ClFN5O2/c1-25-29-17-11-12-19(18(24)13-17)27-21(30)20(14-5-3-2-4-6-14)28-22(31)26-16-9-7-15(23)8-10-16/h2-10,12-13,20,25H,11H2,1H3,(H,27,30)(H2,26,28,31). The number of nitrogens with zero attached hydrogens (tertiary/aromatic N) is 1. The molecule has 3 amide bonds. The van der Waals surface area contributed by atoms with E-state index in [1.54, 1.807) is 61.6 Å². The number of hydrazone groups is 1. The Morgan fingerprint density at radius 2 is 1.77 bits per heavy atom. The van der Waals surface area contributed by atoms with Gasteiger partial charge in [-0.05, 0) is 35.9 Å². The van der Waals surface area contributed by atoms with Crippen molar-refractivity contribution >= 4 is 34.9 Å². The van der Waals surface area contributed by atoms with Crippen LogP contribution in [0.3, 0.4) is 0 Å². The summed E-state index contributed by atoms with van der Waals surface area (Å²) in [6.45, 7) is 0. The van der Waals surface area contributed by atoms with Crippen LogP contribution < -0.4 is 21.4 Å². The van der Waals surface area contributed by atoms with Gasteiger partial charge in [0.1, 0.15) is 11.9 Å². The van der Waals surface area contributed by atoms with E-state index in [0.29, 0.717) is 28.4 Å². The first kappa shape index (κ1) is 22.0. The summed E-state index contributed by atoms with van der Waals surface area (Å²) < 4.78 is 14.4. The van der Waals surface area contributed by atoms with Crippen LogP contribution in [0.5, 0.6) is 0 Å². The van der Waals surface area contributed by atoms with Gasteiger partial charge in [-0.15, -0.1) is 0 Å². The number of benzene rings is 2. The Bertz CT molecular complexity index is 1040. The second-order valence-corrected chi connectivity index (χ2v) is 7.02. The molecule has 2 aromatic rings. The monoisotopic (exact) mass is 441 g/mol. The lowest BCUT2D eigenvalue weighted by atomic mass is 10.0. The van der Waals surface area contributed by atoms with Crippen LogP contribution in [0.2, 0.25) is 5.02 Å². The van der Waals surface area contributed by atoms with E-state index < -0.39 is 23.8 Å². The molecule has 2 aromatic carbocycles. The lowest BCUT2D eigenvalue weighted by Gasteiger charge is -2.21. The highest BCUT2D eigenvalue weighted by atomic mass is 35.5. The van der Waals surface area contributed by atoms with Crippen molar-refractivity contribution < 1.29 is 14.0 Å². The lowest BCUT2D eigenvalue weighted by Crippen LogP contribution is -2.42. The molecule has 7 nitrogen and oxygen atoms in total. The van der Waals surface area contributed by atoms with Gasteiger partial charge >= 0.3 is 6.03 Å². The molecule has 160 valence electrons. The Morgan fingerprint density at radius 3 is 2.42 bits per heavy atom. The molecule has 0 saturated heterocycles. The van der Waals surface area contributed by atoms with E-state index in [9.17, 15) is 14.0 Å². The van der Waals surface area contributed by atoms with Crippen LogP contribution in [0.25, 0.3) is 0 Å². The summed E-state index contributed by atoms with van der Waals surface area (Å²) in [5.74, 6) is -1.20. The number of urea groups is 1. The zero-order valence-electron chi connectivity index (χ0n) is 16.7. The molecule has 4 N–H and O–H groups in total. The molecular weight excluding hydrogens is 421 g/mol. The van der Waals surface area contributed by atoms with Gasteiger partial charge < -0.3 is 21.4 Å². The maximum Gasteiger partial charge on any atom is 0.320 e. The average molecular weight is 442 g/mol. The second kappa shape index (κ2) is 10.4. The zero-order valence-corrected chi connectivity index (χ0v) is 17.4. The van der Waals surface area contributed by atoms with Crippen molar-refractivity contribution in [3.05, 3.63) is 88.9 Å². The van der Waals surface area contributed by atoms with E-state index in [1.165, 1.54) is 12.2 Å². The molecular formula is C22H21ClFN5O2. The van der Waals surface area contributed by atoms with E-state index >= 15 is 0 Å². The molecule has 0 radical (unpaired) electrons. The fraction of sp³-hybridized carbons (Fsp3) is 0.136. The largest absolute Gasteiger partial charge is 0.322 e. The third-order valence-electron chi connectivity index (χ3n) is 4.35. The minimum atomic E-state index is -1.05. The van der Waals surface area contributed by atoms with Gasteiger partial charge in [-0.1, -0.05) is 48.0 Å². The Balaban J connectivity index is 1.74. The SMILES string of the molecule is CNN=C1C=C(F)C(NC(=O)C(NC(=O)Nc2ccc(Cl)cc2)c2ccccc2)=CC1. The van der Waals surface area contributed by atoms with Crippen molar-refractivity contribution in [1.82, 2.24) is 16.1 Å². The number of anilines is 1. The van der Waals surface area contributed by atoms with E-state index in [-0.39, 0.29) is 5.70 Å². The Morgan fingerprint density at radius 1 is 1.06 bits per heavy atom. The fourth-order valence-corrected chi connectivity index (χ4v) is 3.03. The minimum Gasteiger partial charge on any atom is -0.322 e. The molecule has 1 unspecified atom stereocenters. The summed E-state index contributed by atoms with van der Waals surface area (Å²) in [7, 11) is 1.62. The predicted octanol–water partition coefficient (Wildman–Crippen LogP) is 4.04. The van der Waals surface area contributed by atoms with Crippen molar-refractivity contribution in [3.63, 3.8) is 0 Å². The number of hydrogen-bond acceptors (Lipinski definition) is 4. The summed E-state index contributed by atoms with van der Waals surface area (Å²) in [6.07, 6.45) is 3.12. The molecule has 0 heterocycles. The summed E-state index contributed by atoms with van der Waals surface area (Å²) in [4.78, 5) is 25.4. The van der Waals surface area contributed by atoms with Gasteiger partial charge in [0.15, 0.2) is 0 Å². The third-order valence-corrected chi connectivity index (χ3v) is 4.60. The second-order valence-electron chi connectivity index (χ2n) is 6.58. The number of hydrogen-bond donors (Lipinski definition) is 4. The Kier molecular flexibility index (Phi) is 7.40. The molecule has 1 aliphatic rings. The van der Waals surface area contributed by atoms with Crippen molar-refractivity contribution in [2.24, 2.45) is 5.10 Å².